The molecule has 0 fully saturated rings. The molecule has 0 atom stereocenters. The van der Waals surface area contributed by atoms with Gasteiger partial charge in [-0.25, -0.2) is 9.97 Å². The summed E-state index contributed by atoms with van der Waals surface area (Å²) < 4.78 is 2.38. The Labute approximate surface area is 290 Å². The number of hydrogen-bond donors (Lipinski definition) is 0. The van der Waals surface area contributed by atoms with Crippen molar-refractivity contribution in [1.29, 1.82) is 0 Å². The summed E-state index contributed by atoms with van der Waals surface area (Å²) >= 11 is 0. The minimum absolute atomic E-state index is 0.0357. The summed E-state index contributed by atoms with van der Waals surface area (Å²) in [6, 6.07) is 55.2. The number of rotatable bonds is 3. The first-order valence-electron chi connectivity index (χ1n) is 17.3. The fraction of sp³-hybridized carbons (Fsp3) is 0.0638. The Balaban J connectivity index is 1.05. The molecule has 0 bridgehead atoms. The summed E-state index contributed by atoms with van der Waals surface area (Å²) in [6.07, 6.45) is 0. The fourth-order valence-electron chi connectivity index (χ4n) is 8.75. The summed E-state index contributed by atoms with van der Waals surface area (Å²) in [5.41, 5.74) is 18.0. The Kier molecular flexibility index (Phi) is 5.45. The molecule has 3 nitrogen and oxygen atoms in total. The summed E-state index contributed by atoms with van der Waals surface area (Å²) in [5.74, 6) is 0.743. The summed E-state index contributed by atoms with van der Waals surface area (Å²) in [7, 11) is 0. The molecule has 0 amide bonds. The van der Waals surface area contributed by atoms with Crippen LogP contribution in [0.1, 0.15) is 25.0 Å². The van der Waals surface area contributed by atoms with Crippen LogP contribution in [0.15, 0.2) is 152 Å². The van der Waals surface area contributed by atoms with Crippen molar-refractivity contribution in [2.45, 2.75) is 19.3 Å². The second-order valence-electron chi connectivity index (χ2n) is 14.2. The van der Waals surface area contributed by atoms with Gasteiger partial charge in [0.1, 0.15) is 0 Å². The molecule has 2 aromatic heterocycles. The first-order chi connectivity index (χ1) is 24.5. The Morgan fingerprint density at radius 2 is 1.16 bits per heavy atom. The van der Waals surface area contributed by atoms with E-state index in [1.165, 1.54) is 71.9 Å². The first-order valence-corrected chi connectivity index (χ1v) is 17.3. The molecule has 3 heteroatoms. The number of para-hydroxylation sites is 1. The number of fused-ring (bicyclic) bond motifs is 9. The monoisotopic (exact) mass is 637 g/mol. The van der Waals surface area contributed by atoms with E-state index in [9.17, 15) is 0 Å². The van der Waals surface area contributed by atoms with Crippen molar-refractivity contribution in [2.75, 3.05) is 0 Å². The smallest absolute Gasteiger partial charge is 0.160 e. The predicted octanol–water partition coefficient (Wildman–Crippen LogP) is 12.0. The van der Waals surface area contributed by atoms with Crippen LogP contribution in [0.2, 0.25) is 0 Å². The van der Waals surface area contributed by atoms with Gasteiger partial charge in [0.2, 0.25) is 0 Å². The Morgan fingerprint density at radius 1 is 0.460 bits per heavy atom. The lowest BCUT2D eigenvalue weighted by molar-refractivity contribution is 0.660. The van der Waals surface area contributed by atoms with Gasteiger partial charge < -0.3 is 4.57 Å². The Bertz CT molecular complexity index is 2910. The lowest BCUT2D eigenvalue weighted by Crippen LogP contribution is -2.14. The highest BCUT2D eigenvalue weighted by atomic mass is 15.0. The van der Waals surface area contributed by atoms with E-state index in [1.807, 2.05) is 0 Å². The van der Waals surface area contributed by atoms with Crippen molar-refractivity contribution < 1.29 is 0 Å². The number of aromatic nitrogens is 3. The van der Waals surface area contributed by atoms with E-state index in [2.05, 4.69) is 170 Å². The average Bonchev–Trinajstić information content (AvgIpc) is 3.75. The molecular formula is C47H31N3. The van der Waals surface area contributed by atoms with Crippen molar-refractivity contribution >= 4 is 32.7 Å². The summed E-state index contributed by atoms with van der Waals surface area (Å²) in [5, 5.41) is 3.62. The van der Waals surface area contributed by atoms with Gasteiger partial charge in [-0.2, -0.15) is 0 Å². The first kappa shape index (κ1) is 27.6. The van der Waals surface area contributed by atoms with Gasteiger partial charge in [0.25, 0.3) is 0 Å². The maximum absolute atomic E-state index is 5.20. The van der Waals surface area contributed by atoms with E-state index < -0.39 is 0 Å². The molecule has 0 radical (unpaired) electrons. The van der Waals surface area contributed by atoms with Crippen LogP contribution in [0.3, 0.4) is 0 Å². The molecule has 0 N–H and O–H groups in total. The molecule has 0 saturated heterocycles. The van der Waals surface area contributed by atoms with Gasteiger partial charge in [-0.15, -0.1) is 0 Å². The Morgan fingerprint density at radius 3 is 2.08 bits per heavy atom. The molecule has 50 heavy (non-hydrogen) atoms. The lowest BCUT2D eigenvalue weighted by Gasteiger charge is -2.22. The van der Waals surface area contributed by atoms with Gasteiger partial charge >= 0.3 is 0 Å². The van der Waals surface area contributed by atoms with Crippen molar-refractivity contribution in [1.82, 2.24) is 14.5 Å². The molecular weight excluding hydrogens is 607 g/mol. The number of hydrogen-bond acceptors (Lipinski definition) is 2. The van der Waals surface area contributed by atoms with E-state index in [0.29, 0.717) is 0 Å². The summed E-state index contributed by atoms with van der Waals surface area (Å²) in [4.78, 5) is 10.3. The summed E-state index contributed by atoms with van der Waals surface area (Å²) in [6.45, 7) is 4.69. The third-order valence-electron chi connectivity index (χ3n) is 11.1. The van der Waals surface area contributed by atoms with Gasteiger partial charge in [-0.1, -0.05) is 123 Å². The zero-order valence-electron chi connectivity index (χ0n) is 27.8. The van der Waals surface area contributed by atoms with Gasteiger partial charge in [-0.3, -0.25) is 0 Å². The normalized spacial score (nSPS) is 13.6. The molecule has 0 spiro atoms. The minimum atomic E-state index is -0.0357. The molecule has 0 saturated carbocycles. The Hall–Kier alpha value is -6.32. The molecule has 2 aliphatic rings. The number of benzene rings is 7. The van der Waals surface area contributed by atoms with Crippen LogP contribution in [-0.4, -0.2) is 14.5 Å². The van der Waals surface area contributed by atoms with Crippen molar-refractivity contribution in [2.24, 2.45) is 0 Å². The molecule has 7 aromatic carbocycles. The zero-order valence-corrected chi connectivity index (χ0v) is 27.8. The van der Waals surface area contributed by atoms with E-state index in [4.69, 9.17) is 9.97 Å². The van der Waals surface area contributed by atoms with Crippen molar-refractivity contribution in [3.63, 3.8) is 0 Å². The number of nitrogens with zero attached hydrogens (tertiary/aromatic N) is 3. The highest BCUT2D eigenvalue weighted by molar-refractivity contribution is 6.13. The molecule has 234 valence electrons. The van der Waals surface area contributed by atoms with E-state index in [-0.39, 0.29) is 5.41 Å². The van der Waals surface area contributed by atoms with Crippen LogP contribution >= 0.6 is 0 Å². The third kappa shape index (κ3) is 3.69. The van der Waals surface area contributed by atoms with Gasteiger partial charge in [-0.05, 0) is 87.0 Å². The van der Waals surface area contributed by atoms with Gasteiger partial charge in [0.15, 0.2) is 5.82 Å². The SMILES string of the molecule is CC1(C)c2ccccc2-c2ccc(-c3ccc4c(c3)c3ccccc3n4-c3cccc(-c4nc5c6c(cccc6n4)-c4ccccc4-5)c3)cc21. The molecule has 2 heterocycles. The average molecular weight is 638 g/mol. The van der Waals surface area contributed by atoms with E-state index in [0.717, 1.165) is 33.7 Å². The molecule has 0 unspecified atom stereocenters. The third-order valence-corrected chi connectivity index (χ3v) is 11.1. The predicted molar refractivity (Wildman–Crippen MR) is 207 cm³/mol. The molecule has 9 aromatic rings. The molecule has 0 aliphatic heterocycles. The quantitative estimate of drug-likeness (QED) is 0.193. The highest BCUT2D eigenvalue weighted by Gasteiger charge is 2.35. The minimum Gasteiger partial charge on any atom is -0.309 e. The molecule has 2 aliphatic carbocycles. The van der Waals surface area contributed by atoms with E-state index >= 15 is 0 Å². The van der Waals surface area contributed by atoms with Crippen LogP contribution < -0.4 is 0 Å². The van der Waals surface area contributed by atoms with Crippen LogP contribution in [0.4, 0.5) is 0 Å². The van der Waals surface area contributed by atoms with Crippen molar-refractivity contribution in [3.05, 3.63) is 163 Å². The maximum Gasteiger partial charge on any atom is 0.160 e. The van der Waals surface area contributed by atoms with Gasteiger partial charge in [0, 0.05) is 38.4 Å². The van der Waals surface area contributed by atoms with Crippen LogP contribution in [0, 0.1) is 0 Å². The zero-order chi connectivity index (χ0) is 33.1. The topological polar surface area (TPSA) is 30.7 Å². The lowest BCUT2D eigenvalue weighted by atomic mass is 9.81. The van der Waals surface area contributed by atoms with E-state index in [1.54, 1.807) is 0 Å². The van der Waals surface area contributed by atoms with Crippen LogP contribution in [-0.2, 0) is 5.41 Å². The van der Waals surface area contributed by atoms with Crippen LogP contribution in [0.5, 0.6) is 0 Å². The second-order valence-corrected chi connectivity index (χ2v) is 14.2. The highest BCUT2D eigenvalue weighted by Crippen LogP contribution is 2.50. The largest absolute Gasteiger partial charge is 0.309 e. The van der Waals surface area contributed by atoms with Crippen LogP contribution in [0.25, 0.3) is 94.4 Å². The van der Waals surface area contributed by atoms with Gasteiger partial charge in [0.05, 0.1) is 22.2 Å². The van der Waals surface area contributed by atoms with Crippen molar-refractivity contribution in [3.8, 4) is 61.7 Å². The fourth-order valence-corrected chi connectivity index (χ4v) is 8.75. The molecule has 11 rings (SSSR count). The standard InChI is InChI=1S/C47H31N3/c1-47(2)39-18-7-5-14-33(39)34-23-21-29(27-40(34)47)28-22-24-43-38(26-28)35-15-6-8-20-42(35)50(43)31-12-9-11-30(25-31)46-48-41-19-10-17-36-32-13-3-4-16-37(32)45(49-46)44(36)41/h3-27H,1-2H3. The second kappa shape index (κ2) is 9.87. The maximum atomic E-state index is 5.20.